The van der Waals surface area contributed by atoms with E-state index in [0.29, 0.717) is 55.5 Å². The molecule has 0 spiro atoms. The highest BCUT2D eigenvalue weighted by atomic mass is 16.3. The number of nitrogens with one attached hydrogen (secondary N) is 1. The Morgan fingerprint density at radius 2 is 2.15 bits per heavy atom. The van der Waals surface area contributed by atoms with Crippen LogP contribution in [0.25, 0.3) is 10.9 Å². The number of aliphatic hydroxyl groups is 1. The van der Waals surface area contributed by atoms with E-state index in [1.54, 1.807) is 6.07 Å². The number of likely N-dealkylation sites (tertiary alicyclic amines) is 1. The van der Waals surface area contributed by atoms with Crippen LogP contribution in [0.3, 0.4) is 0 Å². The van der Waals surface area contributed by atoms with Crippen molar-refractivity contribution in [2.75, 3.05) is 13.1 Å². The number of rotatable bonds is 4. The Labute approximate surface area is 158 Å². The maximum Gasteiger partial charge on any atom is 0.258 e. The first-order valence-corrected chi connectivity index (χ1v) is 10.0. The number of nitrogens with zero attached hydrogens (tertiary/aromatic N) is 2. The van der Waals surface area contributed by atoms with Crippen LogP contribution in [0.5, 0.6) is 0 Å². The fraction of sp³-hybridized carbons (Fsp3) is 0.571. The SMILES string of the molecule is O=C(CCCc1nc2ccccc2c(=O)[nH]1)N1CC[C@@]2(O)CCCC[C@@H]2C1. The molecule has 6 heteroatoms. The highest BCUT2D eigenvalue weighted by molar-refractivity contribution is 5.77. The van der Waals surface area contributed by atoms with Gasteiger partial charge in [0.2, 0.25) is 5.91 Å². The predicted molar refractivity (Wildman–Crippen MR) is 103 cm³/mol. The van der Waals surface area contributed by atoms with Crippen molar-refractivity contribution in [3.8, 4) is 0 Å². The molecule has 0 unspecified atom stereocenters. The van der Waals surface area contributed by atoms with Crippen LogP contribution in [0.2, 0.25) is 0 Å². The number of aromatic amines is 1. The highest BCUT2D eigenvalue weighted by Crippen LogP contribution is 2.39. The molecule has 0 radical (unpaired) electrons. The minimum atomic E-state index is -0.552. The summed E-state index contributed by atoms with van der Waals surface area (Å²) in [7, 11) is 0. The summed E-state index contributed by atoms with van der Waals surface area (Å²) in [4.78, 5) is 33.9. The van der Waals surface area contributed by atoms with Gasteiger partial charge in [-0.2, -0.15) is 0 Å². The number of carbonyl (C=O) groups excluding carboxylic acids is 1. The van der Waals surface area contributed by atoms with Gasteiger partial charge in [-0.05, 0) is 37.8 Å². The van der Waals surface area contributed by atoms with Crippen LogP contribution < -0.4 is 5.56 Å². The van der Waals surface area contributed by atoms with Crippen molar-refractivity contribution >= 4 is 16.8 Å². The molecule has 2 N–H and O–H groups in total. The molecular weight excluding hydrogens is 342 g/mol. The monoisotopic (exact) mass is 369 g/mol. The Balaban J connectivity index is 1.33. The first-order valence-electron chi connectivity index (χ1n) is 10.0. The lowest BCUT2D eigenvalue weighted by atomic mass is 9.71. The van der Waals surface area contributed by atoms with Crippen molar-refractivity contribution in [1.29, 1.82) is 0 Å². The average Bonchev–Trinajstić information content (AvgIpc) is 2.67. The van der Waals surface area contributed by atoms with Crippen LogP contribution in [-0.2, 0) is 11.2 Å². The molecule has 2 heterocycles. The molecule has 27 heavy (non-hydrogen) atoms. The van der Waals surface area contributed by atoms with Gasteiger partial charge in [-0.25, -0.2) is 4.98 Å². The summed E-state index contributed by atoms with van der Waals surface area (Å²) in [6, 6.07) is 7.28. The standard InChI is InChI=1S/C21H27N3O3/c25-19(24-13-12-21(27)11-4-3-6-15(21)14-24)10-5-9-18-22-17-8-2-1-7-16(17)20(26)23-18/h1-2,7-8,15,27H,3-6,9-14H2,(H,22,23,26)/t15-,21+/m1/s1. The zero-order valence-electron chi connectivity index (χ0n) is 15.6. The summed E-state index contributed by atoms with van der Waals surface area (Å²) in [6.45, 7) is 1.33. The quantitative estimate of drug-likeness (QED) is 0.866. The van der Waals surface area contributed by atoms with Crippen molar-refractivity contribution in [3.63, 3.8) is 0 Å². The molecule has 1 aromatic heterocycles. The van der Waals surface area contributed by atoms with E-state index in [4.69, 9.17) is 0 Å². The van der Waals surface area contributed by atoms with E-state index in [0.717, 1.165) is 25.7 Å². The van der Waals surface area contributed by atoms with Gasteiger partial charge in [0.05, 0.1) is 16.5 Å². The molecule has 1 aliphatic heterocycles. The minimum absolute atomic E-state index is 0.130. The molecule has 0 bridgehead atoms. The smallest absolute Gasteiger partial charge is 0.258 e. The zero-order valence-corrected chi connectivity index (χ0v) is 15.6. The number of aromatic nitrogens is 2. The lowest BCUT2D eigenvalue weighted by Gasteiger charge is -2.47. The van der Waals surface area contributed by atoms with E-state index >= 15 is 0 Å². The van der Waals surface area contributed by atoms with Crippen molar-refractivity contribution in [2.24, 2.45) is 5.92 Å². The van der Waals surface area contributed by atoms with Gasteiger partial charge >= 0.3 is 0 Å². The van der Waals surface area contributed by atoms with Crippen LogP contribution in [-0.4, -0.2) is 44.6 Å². The molecule has 1 amide bonds. The lowest BCUT2D eigenvalue weighted by molar-refractivity contribution is -0.143. The Hall–Kier alpha value is -2.21. The fourth-order valence-corrected chi connectivity index (χ4v) is 4.62. The van der Waals surface area contributed by atoms with Gasteiger partial charge in [0, 0.05) is 31.8 Å². The van der Waals surface area contributed by atoms with E-state index in [-0.39, 0.29) is 17.4 Å². The lowest BCUT2D eigenvalue weighted by Crippen LogP contribution is -2.54. The number of piperidine rings is 1. The Kier molecular flexibility index (Phi) is 5.00. The molecule has 6 nitrogen and oxygen atoms in total. The zero-order chi connectivity index (χ0) is 18.9. The summed E-state index contributed by atoms with van der Waals surface area (Å²) in [6.07, 6.45) is 6.51. The van der Waals surface area contributed by atoms with E-state index in [1.165, 1.54) is 0 Å². The van der Waals surface area contributed by atoms with Gasteiger partial charge < -0.3 is 15.0 Å². The average molecular weight is 369 g/mol. The number of hydrogen-bond acceptors (Lipinski definition) is 4. The van der Waals surface area contributed by atoms with E-state index < -0.39 is 5.60 Å². The topological polar surface area (TPSA) is 86.3 Å². The highest BCUT2D eigenvalue weighted by Gasteiger charge is 2.43. The van der Waals surface area contributed by atoms with Crippen LogP contribution in [0.1, 0.15) is 50.8 Å². The third-order valence-corrected chi connectivity index (χ3v) is 6.25. The largest absolute Gasteiger partial charge is 0.389 e. The Morgan fingerprint density at radius 1 is 1.30 bits per heavy atom. The molecule has 2 fully saturated rings. The molecule has 1 aliphatic carbocycles. The van der Waals surface area contributed by atoms with E-state index in [1.807, 2.05) is 23.1 Å². The summed E-state index contributed by atoms with van der Waals surface area (Å²) in [5.41, 5.74) is 0.00789. The van der Waals surface area contributed by atoms with Gasteiger partial charge in [0.1, 0.15) is 5.82 Å². The normalized spacial score (nSPS) is 25.4. The second-order valence-electron chi connectivity index (χ2n) is 8.02. The van der Waals surface area contributed by atoms with Gasteiger partial charge in [0.15, 0.2) is 0 Å². The van der Waals surface area contributed by atoms with Crippen LogP contribution in [0.4, 0.5) is 0 Å². The Bertz CT molecular complexity index is 894. The second-order valence-corrected chi connectivity index (χ2v) is 8.02. The first-order chi connectivity index (χ1) is 13.0. The molecule has 4 rings (SSSR count). The maximum absolute atomic E-state index is 12.6. The number of H-pyrrole nitrogens is 1. The van der Waals surface area contributed by atoms with Gasteiger partial charge in [-0.15, -0.1) is 0 Å². The van der Waals surface area contributed by atoms with Crippen molar-refractivity contribution in [3.05, 3.63) is 40.4 Å². The van der Waals surface area contributed by atoms with Crippen molar-refractivity contribution in [2.45, 2.75) is 57.0 Å². The second kappa shape index (κ2) is 7.43. The fourth-order valence-electron chi connectivity index (χ4n) is 4.62. The summed E-state index contributed by atoms with van der Waals surface area (Å²) < 4.78 is 0. The first kappa shape index (κ1) is 18.2. The number of fused-ring (bicyclic) bond motifs is 2. The van der Waals surface area contributed by atoms with Gasteiger partial charge in [0.25, 0.3) is 5.56 Å². The van der Waals surface area contributed by atoms with Crippen molar-refractivity contribution in [1.82, 2.24) is 14.9 Å². The number of amides is 1. The minimum Gasteiger partial charge on any atom is -0.389 e. The molecule has 1 saturated heterocycles. The van der Waals surface area contributed by atoms with Gasteiger partial charge in [-0.1, -0.05) is 25.0 Å². The number of benzene rings is 1. The van der Waals surface area contributed by atoms with Crippen LogP contribution in [0, 0.1) is 5.92 Å². The molecule has 2 aromatic rings. The number of aryl methyl sites for hydroxylation is 1. The van der Waals surface area contributed by atoms with E-state index in [9.17, 15) is 14.7 Å². The number of para-hydroxylation sites is 1. The van der Waals surface area contributed by atoms with E-state index in [2.05, 4.69) is 9.97 Å². The third-order valence-electron chi connectivity index (χ3n) is 6.25. The summed E-state index contributed by atoms with van der Waals surface area (Å²) in [5.74, 6) is 1.00. The van der Waals surface area contributed by atoms with Crippen LogP contribution in [0.15, 0.2) is 29.1 Å². The summed E-state index contributed by atoms with van der Waals surface area (Å²) in [5, 5.41) is 11.3. The molecule has 1 saturated carbocycles. The molecule has 144 valence electrons. The van der Waals surface area contributed by atoms with Crippen molar-refractivity contribution < 1.29 is 9.90 Å². The number of hydrogen-bond donors (Lipinski definition) is 2. The molecular formula is C21H27N3O3. The summed E-state index contributed by atoms with van der Waals surface area (Å²) >= 11 is 0. The van der Waals surface area contributed by atoms with Gasteiger partial charge in [-0.3, -0.25) is 9.59 Å². The third kappa shape index (κ3) is 3.76. The molecule has 2 aliphatic rings. The Morgan fingerprint density at radius 3 is 3.04 bits per heavy atom. The predicted octanol–water partition coefficient (Wildman–Crippen LogP) is 2.40. The molecule has 2 atom stereocenters. The maximum atomic E-state index is 12.6. The molecule has 1 aromatic carbocycles. The van der Waals surface area contributed by atoms with Crippen LogP contribution >= 0.6 is 0 Å². The number of carbonyl (C=O) groups is 1.